The van der Waals surface area contributed by atoms with Crippen molar-refractivity contribution >= 4 is 17.5 Å². The van der Waals surface area contributed by atoms with Gasteiger partial charge in [0.1, 0.15) is 23.5 Å². The van der Waals surface area contributed by atoms with Gasteiger partial charge in [0.15, 0.2) is 5.65 Å². The Bertz CT molecular complexity index is 1490. The summed E-state index contributed by atoms with van der Waals surface area (Å²) in [7, 11) is 2.12. The molecule has 10 nitrogen and oxygen atoms in total. The number of benzene rings is 1. The number of hydrogen-bond donors (Lipinski definition) is 3. The first-order valence-electron chi connectivity index (χ1n) is 15.4. The average Bonchev–Trinajstić information content (AvgIpc) is 3.39. The van der Waals surface area contributed by atoms with Gasteiger partial charge < -0.3 is 20.7 Å². The Morgan fingerprint density at radius 2 is 1.79 bits per heavy atom. The quantitative estimate of drug-likeness (QED) is 0.259. The number of aromatic nitrogens is 3. The van der Waals surface area contributed by atoms with Crippen LogP contribution >= 0.6 is 0 Å². The summed E-state index contributed by atoms with van der Waals surface area (Å²) in [5.41, 5.74) is 9.77. The maximum absolute atomic E-state index is 13.4. The van der Waals surface area contributed by atoms with Crippen molar-refractivity contribution in [3.63, 3.8) is 0 Å². The second-order valence-electron chi connectivity index (χ2n) is 13.2. The molecule has 2 atom stereocenters. The zero-order valence-corrected chi connectivity index (χ0v) is 26.3. The van der Waals surface area contributed by atoms with Crippen molar-refractivity contribution < 1.29 is 9.53 Å². The number of hydrogen-bond acceptors (Lipinski definition) is 7. The van der Waals surface area contributed by atoms with Gasteiger partial charge in [-0.15, -0.1) is 10.2 Å². The number of piperidine rings is 1. The molecule has 1 saturated heterocycles. The minimum absolute atomic E-state index is 0.134. The Morgan fingerprint density at radius 3 is 2.49 bits per heavy atom. The summed E-state index contributed by atoms with van der Waals surface area (Å²) in [6, 6.07) is 11.8. The van der Waals surface area contributed by atoms with Gasteiger partial charge in [0.2, 0.25) is 0 Å². The van der Waals surface area contributed by atoms with E-state index in [1.54, 1.807) is 0 Å². The van der Waals surface area contributed by atoms with Gasteiger partial charge >= 0.3 is 6.03 Å². The largest absolute Gasteiger partial charge is 0.484 e. The van der Waals surface area contributed by atoms with Gasteiger partial charge in [-0.05, 0) is 75.2 Å². The molecule has 0 unspecified atom stereocenters. The number of urea groups is 1. The van der Waals surface area contributed by atoms with Gasteiger partial charge in [-0.25, -0.2) is 4.79 Å². The second-order valence-corrected chi connectivity index (χ2v) is 13.2. The molecule has 3 heterocycles. The maximum atomic E-state index is 13.4. The standard InChI is InChI=1S/C33H46N8O2/c1-21(2)31-39-38-30-14-11-23(20-41(30)31)43-27-13-12-26(24-9-7-8-10-25(24)27)36-32(42)37-29(19-28(34)33(3,4)5)35-22-15-17-40(6)18-16-22/h7-11,14,19-22,26-27H,12-13,15-18,34H2,1-6H3,(H2,35,36,37,42)/t26-,27+/m0/s1. The van der Waals surface area contributed by atoms with Gasteiger partial charge in [-0.1, -0.05) is 58.9 Å². The zero-order valence-electron chi connectivity index (χ0n) is 26.3. The molecule has 1 aliphatic heterocycles. The van der Waals surface area contributed by atoms with Crippen LogP contribution in [0, 0.1) is 5.41 Å². The smallest absolute Gasteiger partial charge is 0.320 e. The van der Waals surface area contributed by atoms with Crippen molar-refractivity contribution in [3.05, 3.63) is 71.3 Å². The van der Waals surface area contributed by atoms with Crippen LogP contribution in [-0.4, -0.2) is 57.5 Å². The highest BCUT2D eigenvalue weighted by Crippen LogP contribution is 2.39. The lowest BCUT2D eigenvalue weighted by Crippen LogP contribution is -2.43. The molecule has 3 aromatic rings. The summed E-state index contributed by atoms with van der Waals surface area (Å²) in [6.45, 7) is 12.3. The minimum atomic E-state index is -0.289. The molecular formula is C33H46N8O2. The van der Waals surface area contributed by atoms with Crippen molar-refractivity contribution in [2.45, 2.75) is 84.4 Å². The van der Waals surface area contributed by atoms with E-state index in [4.69, 9.17) is 15.5 Å². The fourth-order valence-electron chi connectivity index (χ4n) is 5.64. The van der Waals surface area contributed by atoms with E-state index in [0.717, 1.165) is 67.1 Å². The number of nitrogens with zero attached hydrogens (tertiary/aromatic N) is 5. The first kappa shape index (κ1) is 30.5. The number of ether oxygens (including phenoxy) is 1. The van der Waals surface area contributed by atoms with E-state index in [1.165, 1.54) is 0 Å². The molecular weight excluding hydrogens is 540 g/mol. The molecule has 2 aliphatic rings. The predicted octanol–water partition coefficient (Wildman–Crippen LogP) is 5.49. The van der Waals surface area contributed by atoms with Crippen LogP contribution in [0.2, 0.25) is 0 Å². The van der Waals surface area contributed by atoms with Crippen LogP contribution < -0.4 is 21.1 Å². The number of nitrogens with one attached hydrogen (secondary N) is 2. The van der Waals surface area contributed by atoms with E-state index in [1.807, 2.05) is 40.9 Å². The molecule has 2 aromatic heterocycles. The molecule has 2 amide bonds. The van der Waals surface area contributed by atoms with E-state index < -0.39 is 0 Å². The predicted molar refractivity (Wildman–Crippen MR) is 170 cm³/mol. The third kappa shape index (κ3) is 7.36. The lowest BCUT2D eigenvalue weighted by Gasteiger charge is -2.32. The Morgan fingerprint density at radius 1 is 1.07 bits per heavy atom. The van der Waals surface area contributed by atoms with Crippen molar-refractivity contribution in [1.29, 1.82) is 0 Å². The van der Waals surface area contributed by atoms with E-state index in [-0.39, 0.29) is 35.6 Å². The Balaban J connectivity index is 1.31. The van der Waals surface area contributed by atoms with Crippen LogP contribution in [0.25, 0.3) is 5.65 Å². The van der Waals surface area contributed by atoms with Crippen molar-refractivity contribution in [2.75, 3.05) is 20.1 Å². The van der Waals surface area contributed by atoms with Crippen LogP contribution in [0.3, 0.4) is 0 Å². The number of likely N-dealkylation sites (tertiary alicyclic amines) is 1. The number of pyridine rings is 1. The molecule has 230 valence electrons. The average molecular weight is 587 g/mol. The van der Waals surface area contributed by atoms with Crippen molar-refractivity contribution in [3.8, 4) is 5.75 Å². The fraction of sp³-hybridized carbons (Fsp3) is 0.515. The van der Waals surface area contributed by atoms with Crippen LogP contribution in [0.1, 0.15) is 95.3 Å². The maximum Gasteiger partial charge on any atom is 0.320 e. The lowest BCUT2D eigenvalue weighted by molar-refractivity contribution is 0.171. The first-order valence-corrected chi connectivity index (χ1v) is 15.4. The van der Waals surface area contributed by atoms with Crippen molar-refractivity contribution in [2.24, 2.45) is 16.1 Å². The number of aliphatic imine (C=N–C) groups is 1. The molecule has 0 radical (unpaired) electrons. The molecule has 43 heavy (non-hydrogen) atoms. The fourth-order valence-corrected chi connectivity index (χ4v) is 5.64. The first-order chi connectivity index (χ1) is 20.5. The number of amides is 2. The van der Waals surface area contributed by atoms with Crippen LogP contribution in [0.4, 0.5) is 4.79 Å². The molecule has 1 aliphatic carbocycles. The van der Waals surface area contributed by atoms with E-state index in [9.17, 15) is 4.79 Å². The summed E-state index contributed by atoms with van der Waals surface area (Å²) in [5.74, 6) is 2.41. The minimum Gasteiger partial charge on any atom is -0.484 e. The highest BCUT2D eigenvalue weighted by atomic mass is 16.5. The van der Waals surface area contributed by atoms with E-state index >= 15 is 0 Å². The molecule has 0 spiro atoms. The van der Waals surface area contributed by atoms with Crippen LogP contribution in [-0.2, 0) is 0 Å². The molecule has 10 heteroatoms. The van der Waals surface area contributed by atoms with Crippen LogP contribution in [0.5, 0.6) is 5.75 Å². The molecule has 1 fully saturated rings. The molecule has 0 bridgehead atoms. The summed E-state index contributed by atoms with van der Waals surface area (Å²) < 4.78 is 8.53. The SMILES string of the molecule is CC(C)c1nnc2ccc(O[C@@H]3CC[C@H](NC(=O)NC(C=C(N)C(C)(C)C)=NC4CCN(C)CC4)c4ccccc43)cn12. The van der Waals surface area contributed by atoms with Gasteiger partial charge in [0.05, 0.1) is 18.3 Å². The Labute approximate surface area is 254 Å². The van der Waals surface area contributed by atoms with Gasteiger partial charge in [-0.3, -0.25) is 14.7 Å². The number of rotatable bonds is 6. The summed E-state index contributed by atoms with van der Waals surface area (Å²) in [4.78, 5) is 20.6. The molecule has 5 rings (SSSR count). The van der Waals surface area contributed by atoms with Gasteiger partial charge in [0, 0.05) is 17.0 Å². The summed E-state index contributed by atoms with van der Waals surface area (Å²) in [5, 5.41) is 14.8. The number of amidine groups is 1. The molecule has 4 N–H and O–H groups in total. The number of nitrogens with two attached hydrogens (primary N) is 1. The Kier molecular flexibility index (Phi) is 9.05. The third-order valence-electron chi connectivity index (χ3n) is 8.35. The van der Waals surface area contributed by atoms with E-state index in [2.05, 4.69) is 79.5 Å². The number of fused-ring (bicyclic) bond motifs is 2. The zero-order chi connectivity index (χ0) is 30.7. The topological polar surface area (TPSA) is 122 Å². The second kappa shape index (κ2) is 12.8. The van der Waals surface area contributed by atoms with Crippen molar-refractivity contribution in [1.82, 2.24) is 30.1 Å². The summed E-state index contributed by atoms with van der Waals surface area (Å²) in [6.07, 6.45) is 7.04. The Hall–Kier alpha value is -3.92. The highest BCUT2D eigenvalue weighted by Gasteiger charge is 2.30. The lowest BCUT2D eigenvalue weighted by atomic mass is 9.85. The summed E-state index contributed by atoms with van der Waals surface area (Å²) >= 11 is 0. The molecule has 0 saturated carbocycles. The molecule has 1 aromatic carbocycles. The van der Waals surface area contributed by atoms with Gasteiger partial charge in [0.25, 0.3) is 0 Å². The third-order valence-corrected chi connectivity index (χ3v) is 8.35. The number of allylic oxidation sites excluding steroid dienone is 1. The monoisotopic (exact) mass is 586 g/mol. The van der Waals surface area contributed by atoms with Crippen LogP contribution in [0.15, 0.2) is 59.4 Å². The highest BCUT2D eigenvalue weighted by molar-refractivity contribution is 6.04. The van der Waals surface area contributed by atoms with Gasteiger partial charge in [-0.2, -0.15) is 0 Å². The number of carbonyl (C=O) groups excluding carboxylic acids is 1. The van der Waals surface area contributed by atoms with E-state index in [0.29, 0.717) is 11.5 Å². The normalized spacial score (nSPS) is 20.7. The number of carbonyl (C=O) groups is 1.